The van der Waals surface area contributed by atoms with E-state index in [1.807, 2.05) is 13.8 Å². The Hall–Kier alpha value is -0.280. The van der Waals surface area contributed by atoms with E-state index in [9.17, 15) is 0 Å². The Labute approximate surface area is 94.5 Å². The van der Waals surface area contributed by atoms with Gasteiger partial charge in [-0.05, 0) is 19.1 Å². The van der Waals surface area contributed by atoms with Crippen LogP contribution in [0.25, 0.3) is 0 Å². The Morgan fingerprint density at radius 3 is 2.57 bits per heavy atom. The smallest absolute Gasteiger partial charge is 0.136 e. The lowest BCUT2D eigenvalue weighted by atomic mass is 10.3. The highest BCUT2D eigenvalue weighted by Gasteiger charge is 2.08. The van der Waals surface area contributed by atoms with Gasteiger partial charge >= 0.3 is 0 Å². The van der Waals surface area contributed by atoms with Crippen molar-refractivity contribution < 1.29 is 0 Å². The molecule has 0 unspecified atom stereocenters. The number of aryl methyl sites for hydroxylation is 1. The van der Waals surface area contributed by atoms with E-state index in [0.29, 0.717) is 5.15 Å². The molecule has 0 atom stereocenters. The first kappa shape index (κ1) is 11.8. The van der Waals surface area contributed by atoms with Crippen molar-refractivity contribution in [3.63, 3.8) is 0 Å². The molecule has 4 heteroatoms. The highest BCUT2D eigenvalue weighted by Crippen LogP contribution is 2.25. The number of hydrogen-bond acceptors (Lipinski definition) is 3. The molecule has 0 aromatic carbocycles. The summed E-state index contributed by atoms with van der Waals surface area (Å²) in [6.45, 7) is 6.17. The van der Waals surface area contributed by atoms with Crippen LogP contribution in [0.4, 0.5) is 0 Å². The third-order valence-electron chi connectivity index (χ3n) is 1.85. The molecular weight excluding hydrogens is 216 g/mol. The molecule has 14 heavy (non-hydrogen) atoms. The molecule has 0 radical (unpaired) electrons. The Morgan fingerprint density at radius 1 is 1.29 bits per heavy atom. The molecule has 0 saturated heterocycles. The van der Waals surface area contributed by atoms with Crippen molar-refractivity contribution in [2.45, 2.75) is 38.6 Å². The van der Waals surface area contributed by atoms with Crippen molar-refractivity contribution in [3.8, 4) is 0 Å². The van der Waals surface area contributed by atoms with Gasteiger partial charge in [0.15, 0.2) is 0 Å². The molecule has 1 aromatic rings. The van der Waals surface area contributed by atoms with Gasteiger partial charge in [-0.2, -0.15) is 0 Å². The standard InChI is InChI=1S/C10H15ClN2S/c1-4-6-14-10-7(3)9(11)12-8(5-2)13-10/h4-6H2,1-3H3. The minimum absolute atomic E-state index is 0.593. The van der Waals surface area contributed by atoms with Crippen LogP contribution in [0.3, 0.4) is 0 Å². The van der Waals surface area contributed by atoms with E-state index in [0.717, 1.165) is 35.0 Å². The average molecular weight is 231 g/mol. The predicted octanol–water partition coefficient (Wildman–Crippen LogP) is 3.50. The summed E-state index contributed by atoms with van der Waals surface area (Å²) >= 11 is 7.77. The van der Waals surface area contributed by atoms with Gasteiger partial charge in [-0.1, -0.05) is 25.4 Å². The summed E-state index contributed by atoms with van der Waals surface area (Å²) < 4.78 is 0. The Morgan fingerprint density at radius 2 is 2.00 bits per heavy atom. The first-order valence-electron chi connectivity index (χ1n) is 4.84. The van der Waals surface area contributed by atoms with Gasteiger partial charge in [-0.25, -0.2) is 9.97 Å². The normalized spacial score (nSPS) is 10.6. The van der Waals surface area contributed by atoms with E-state index in [1.165, 1.54) is 0 Å². The van der Waals surface area contributed by atoms with Crippen LogP contribution in [0.15, 0.2) is 5.03 Å². The SMILES string of the molecule is CCCSc1nc(CC)nc(Cl)c1C. The maximum atomic E-state index is 6.01. The molecule has 0 N–H and O–H groups in total. The highest BCUT2D eigenvalue weighted by atomic mass is 35.5. The van der Waals surface area contributed by atoms with E-state index in [2.05, 4.69) is 16.9 Å². The second-order valence-corrected chi connectivity index (χ2v) is 4.50. The first-order chi connectivity index (χ1) is 6.69. The fraction of sp³-hybridized carbons (Fsp3) is 0.600. The fourth-order valence-corrected chi connectivity index (χ4v) is 2.13. The van der Waals surface area contributed by atoms with E-state index in [-0.39, 0.29) is 0 Å². The Bertz CT molecular complexity index is 315. The summed E-state index contributed by atoms with van der Waals surface area (Å²) in [4.78, 5) is 8.66. The third kappa shape index (κ3) is 2.85. The fourth-order valence-electron chi connectivity index (χ4n) is 1.01. The summed E-state index contributed by atoms with van der Waals surface area (Å²) in [6, 6.07) is 0. The van der Waals surface area contributed by atoms with Gasteiger partial charge in [0.2, 0.25) is 0 Å². The van der Waals surface area contributed by atoms with Crippen molar-refractivity contribution in [1.82, 2.24) is 9.97 Å². The molecule has 0 amide bonds. The number of thioether (sulfide) groups is 1. The second-order valence-electron chi connectivity index (χ2n) is 3.06. The molecule has 0 aliphatic rings. The highest BCUT2D eigenvalue weighted by molar-refractivity contribution is 7.99. The summed E-state index contributed by atoms with van der Waals surface area (Å²) in [5, 5.41) is 1.62. The molecule has 1 aromatic heterocycles. The van der Waals surface area contributed by atoms with Crippen molar-refractivity contribution in [2.24, 2.45) is 0 Å². The van der Waals surface area contributed by atoms with Crippen molar-refractivity contribution in [3.05, 3.63) is 16.5 Å². The van der Waals surface area contributed by atoms with Gasteiger partial charge in [-0.3, -0.25) is 0 Å². The molecule has 0 bridgehead atoms. The lowest BCUT2D eigenvalue weighted by Gasteiger charge is -2.06. The number of rotatable bonds is 4. The van der Waals surface area contributed by atoms with Gasteiger partial charge in [0, 0.05) is 12.0 Å². The van der Waals surface area contributed by atoms with Crippen LogP contribution < -0.4 is 0 Å². The van der Waals surface area contributed by atoms with Gasteiger partial charge in [-0.15, -0.1) is 11.8 Å². The largest absolute Gasteiger partial charge is 0.226 e. The lowest BCUT2D eigenvalue weighted by molar-refractivity contribution is 0.871. The summed E-state index contributed by atoms with van der Waals surface area (Å²) in [5.74, 6) is 1.91. The molecular formula is C10H15ClN2S. The van der Waals surface area contributed by atoms with E-state index in [4.69, 9.17) is 11.6 Å². The summed E-state index contributed by atoms with van der Waals surface area (Å²) in [6.07, 6.45) is 1.98. The first-order valence-corrected chi connectivity index (χ1v) is 6.21. The Balaban J connectivity index is 2.95. The van der Waals surface area contributed by atoms with Gasteiger partial charge in [0.05, 0.1) is 0 Å². The van der Waals surface area contributed by atoms with Crippen LogP contribution in [-0.2, 0) is 6.42 Å². The molecule has 0 spiro atoms. The van der Waals surface area contributed by atoms with Gasteiger partial charge in [0.25, 0.3) is 0 Å². The van der Waals surface area contributed by atoms with E-state index < -0.39 is 0 Å². The second kappa shape index (κ2) is 5.56. The lowest BCUT2D eigenvalue weighted by Crippen LogP contribution is -1.98. The zero-order valence-corrected chi connectivity index (χ0v) is 10.4. The summed E-state index contributed by atoms with van der Waals surface area (Å²) in [7, 11) is 0. The van der Waals surface area contributed by atoms with Gasteiger partial charge in [0.1, 0.15) is 16.0 Å². The predicted molar refractivity (Wildman–Crippen MR) is 62.2 cm³/mol. The average Bonchev–Trinajstić information content (AvgIpc) is 2.20. The number of halogens is 1. The number of hydrogen-bond donors (Lipinski definition) is 0. The monoisotopic (exact) mass is 230 g/mol. The van der Waals surface area contributed by atoms with E-state index >= 15 is 0 Å². The maximum Gasteiger partial charge on any atom is 0.136 e. The molecule has 78 valence electrons. The van der Waals surface area contributed by atoms with Crippen LogP contribution in [0.1, 0.15) is 31.7 Å². The van der Waals surface area contributed by atoms with Crippen LogP contribution in [0, 0.1) is 6.92 Å². The Kier molecular flexibility index (Phi) is 4.69. The van der Waals surface area contributed by atoms with Crippen molar-refractivity contribution in [1.29, 1.82) is 0 Å². The zero-order chi connectivity index (χ0) is 10.6. The minimum atomic E-state index is 0.593. The molecule has 1 heterocycles. The van der Waals surface area contributed by atoms with Crippen LogP contribution >= 0.6 is 23.4 Å². The van der Waals surface area contributed by atoms with Crippen molar-refractivity contribution in [2.75, 3.05) is 5.75 Å². The number of aromatic nitrogens is 2. The zero-order valence-electron chi connectivity index (χ0n) is 8.80. The van der Waals surface area contributed by atoms with Crippen molar-refractivity contribution >= 4 is 23.4 Å². The van der Waals surface area contributed by atoms with Crippen LogP contribution in [0.5, 0.6) is 0 Å². The van der Waals surface area contributed by atoms with Gasteiger partial charge < -0.3 is 0 Å². The molecule has 2 nitrogen and oxygen atoms in total. The summed E-state index contributed by atoms with van der Waals surface area (Å²) in [5.41, 5.74) is 1.00. The molecule has 0 aliphatic carbocycles. The van der Waals surface area contributed by atoms with Crippen LogP contribution in [-0.4, -0.2) is 15.7 Å². The quantitative estimate of drug-likeness (QED) is 0.585. The van der Waals surface area contributed by atoms with Crippen LogP contribution in [0.2, 0.25) is 5.15 Å². The molecule has 0 saturated carbocycles. The molecule has 0 aliphatic heterocycles. The third-order valence-corrected chi connectivity index (χ3v) is 3.50. The number of nitrogens with zero attached hydrogens (tertiary/aromatic N) is 2. The van der Waals surface area contributed by atoms with E-state index in [1.54, 1.807) is 11.8 Å². The maximum absolute atomic E-state index is 6.01. The molecule has 1 rings (SSSR count). The minimum Gasteiger partial charge on any atom is -0.226 e. The molecule has 0 fully saturated rings. The topological polar surface area (TPSA) is 25.8 Å².